The molecule has 170 valence electrons. The van der Waals surface area contributed by atoms with Crippen LogP contribution in [0.2, 0.25) is 0 Å². The van der Waals surface area contributed by atoms with E-state index in [4.69, 9.17) is 14.2 Å². The van der Waals surface area contributed by atoms with Crippen molar-refractivity contribution in [1.82, 2.24) is 9.97 Å². The smallest absolute Gasteiger partial charge is 0.335 e. The van der Waals surface area contributed by atoms with Crippen LogP contribution in [0, 0.1) is 0 Å². The Kier molecular flexibility index (Phi) is 7.47. The zero-order valence-corrected chi connectivity index (χ0v) is 19.0. The van der Waals surface area contributed by atoms with E-state index < -0.39 is 6.10 Å². The number of carbonyl (C=O) groups is 1. The summed E-state index contributed by atoms with van der Waals surface area (Å²) in [5.41, 5.74) is 6.52. The molecule has 0 N–H and O–H groups in total. The Labute approximate surface area is 194 Å². The van der Waals surface area contributed by atoms with Crippen molar-refractivity contribution in [3.8, 4) is 16.9 Å². The van der Waals surface area contributed by atoms with Gasteiger partial charge in [-0.1, -0.05) is 24.3 Å². The number of fused-ring (bicyclic) bond motifs is 3. The van der Waals surface area contributed by atoms with Crippen LogP contribution >= 0.6 is 0 Å². The third kappa shape index (κ3) is 5.29. The lowest BCUT2D eigenvalue weighted by Gasteiger charge is -2.15. The summed E-state index contributed by atoms with van der Waals surface area (Å²) in [6.07, 6.45) is 8.33. The molecule has 33 heavy (non-hydrogen) atoms. The summed E-state index contributed by atoms with van der Waals surface area (Å²) in [5, 5.41) is 0. The molecule has 0 saturated heterocycles. The van der Waals surface area contributed by atoms with Gasteiger partial charge in [0.25, 0.3) is 0 Å². The summed E-state index contributed by atoms with van der Waals surface area (Å²) in [6, 6.07) is 13.8. The zero-order valence-electron chi connectivity index (χ0n) is 19.0. The second-order valence-electron chi connectivity index (χ2n) is 7.62. The molecule has 0 bridgehead atoms. The Balaban J connectivity index is 1.35. The maximum absolute atomic E-state index is 12.1. The van der Waals surface area contributed by atoms with E-state index in [-0.39, 0.29) is 5.97 Å². The topological polar surface area (TPSA) is 70.5 Å². The molecule has 1 unspecified atom stereocenters. The van der Waals surface area contributed by atoms with E-state index in [2.05, 4.69) is 22.1 Å². The lowest BCUT2D eigenvalue weighted by Crippen LogP contribution is -2.28. The van der Waals surface area contributed by atoms with E-state index in [1.165, 1.54) is 5.56 Å². The van der Waals surface area contributed by atoms with Crippen molar-refractivity contribution < 1.29 is 19.0 Å². The highest BCUT2D eigenvalue weighted by atomic mass is 16.6. The van der Waals surface area contributed by atoms with Gasteiger partial charge in [-0.25, -0.2) is 4.79 Å². The van der Waals surface area contributed by atoms with Crippen LogP contribution in [0.3, 0.4) is 0 Å². The van der Waals surface area contributed by atoms with Gasteiger partial charge in [0, 0.05) is 54.7 Å². The summed E-state index contributed by atoms with van der Waals surface area (Å²) in [7, 11) is 0. The van der Waals surface area contributed by atoms with Gasteiger partial charge in [0.15, 0.2) is 6.10 Å². The summed E-state index contributed by atoms with van der Waals surface area (Å²) in [5.74, 6) is 0.459. The van der Waals surface area contributed by atoms with Crippen molar-refractivity contribution in [1.29, 1.82) is 0 Å². The van der Waals surface area contributed by atoms with Gasteiger partial charge in [-0.15, -0.1) is 0 Å². The van der Waals surface area contributed by atoms with Crippen molar-refractivity contribution in [2.45, 2.75) is 32.8 Å². The predicted molar refractivity (Wildman–Crippen MR) is 127 cm³/mol. The molecule has 6 heteroatoms. The summed E-state index contributed by atoms with van der Waals surface area (Å²) < 4.78 is 16.6. The van der Waals surface area contributed by atoms with E-state index >= 15 is 0 Å². The zero-order chi connectivity index (χ0) is 23.0. The van der Waals surface area contributed by atoms with Crippen LogP contribution in [0.4, 0.5) is 0 Å². The molecule has 0 spiro atoms. The molecular weight excluding hydrogens is 416 g/mol. The van der Waals surface area contributed by atoms with Crippen molar-refractivity contribution in [2.24, 2.45) is 0 Å². The third-order valence-electron chi connectivity index (χ3n) is 5.46. The molecular formula is C27H28N2O4. The Morgan fingerprint density at radius 1 is 1.00 bits per heavy atom. The number of pyridine rings is 2. The number of hydrogen-bond acceptors (Lipinski definition) is 6. The first kappa shape index (κ1) is 22.7. The second-order valence-corrected chi connectivity index (χ2v) is 7.62. The standard InChI is InChI=1S/C27H28N2O4/c1-3-31-25(27(30)32-4-2)17-19-9-11-20(12-10-19)33-16-6-8-23-24-18-28-15-13-21(24)22-7-5-14-29-26(22)23/h5,7-15,18,25H,3-4,6,16-17H2,1-2H3/b23-8-. The minimum atomic E-state index is -0.589. The van der Waals surface area contributed by atoms with Crippen LogP contribution in [0.25, 0.3) is 16.7 Å². The molecule has 3 aromatic rings. The monoisotopic (exact) mass is 444 g/mol. The molecule has 6 nitrogen and oxygen atoms in total. The number of ether oxygens (including phenoxy) is 3. The summed E-state index contributed by atoms with van der Waals surface area (Å²) >= 11 is 0. The number of rotatable bonds is 10. The van der Waals surface area contributed by atoms with Gasteiger partial charge in [-0.3, -0.25) is 9.97 Å². The highest BCUT2D eigenvalue weighted by molar-refractivity contribution is 5.99. The molecule has 0 radical (unpaired) electrons. The second kappa shape index (κ2) is 10.9. The van der Waals surface area contributed by atoms with Gasteiger partial charge in [-0.05, 0) is 49.2 Å². The molecule has 2 heterocycles. The Morgan fingerprint density at radius 3 is 2.64 bits per heavy atom. The third-order valence-corrected chi connectivity index (χ3v) is 5.46. The van der Waals surface area contributed by atoms with Crippen molar-refractivity contribution >= 4 is 11.5 Å². The van der Waals surface area contributed by atoms with Crippen LogP contribution < -0.4 is 4.74 Å². The number of carbonyl (C=O) groups excluding carboxylic acids is 1. The largest absolute Gasteiger partial charge is 0.493 e. The molecule has 0 amide bonds. The van der Waals surface area contributed by atoms with E-state index in [0.29, 0.717) is 26.2 Å². The highest BCUT2D eigenvalue weighted by Gasteiger charge is 2.24. The lowest BCUT2D eigenvalue weighted by molar-refractivity contribution is -0.156. The minimum Gasteiger partial charge on any atom is -0.493 e. The van der Waals surface area contributed by atoms with E-state index in [1.54, 1.807) is 6.92 Å². The first-order valence-electron chi connectivity index (χ1n) is 11.3. The molecule has 0 fully saturated rings. The van der Waals surface area contributed by atoms with Crippen LogP contribution in [0.5, 0.6) is 5.75 Å². The molecule has 1 aromatic carbocycles. The average molecular weight is 445 g/mol. The van der Waals surface area contributed by atoms with Crippen molar-refractivity contribution in [3.05, 3.63) is 84.0 Å². The fourth-order valence-corrected chi connectivity index (χ4v) is 3.98. The van der Waals surface area contributed by atoms with Gasteiger partial charge >= 0.3 is 5.97 Å². The molecule has 0 aliphatic heterocycles. The molecule has 1 aliphatic carbocycles. The quantitative estimate of drug-likeness (QED) is 0.257. The van der Waals surface area contributed by atoms with Gasteiger partial charge in [-0.2, -0.15) is 0 Å². The van der Waals surface area contributed by atoms with Gasteiger partial charge in [0.1, 0.15) is 5.75 Å². The molecule has 2 aromatic heterocycles. The SMILES string of the molecule is CCOC(=O)C(Cc1ccc(OCC/C=C2/c3cnccc3-c3cccnc32)cc1)OCC. The minimum absolute atomic E-state index is 0.326. The predicted octanol–water partition coefficient (Wildman–Crippen LogP) is 4.87. The van der Waals surface area contributed by atoms with Crippen LogP contribution in [-0.4, -0.2) is 41.9 Å². The normalized spacial score (nSPS) is 13.9. The van der Waals surface area contributed by atoms with Gasteiger partial charge < -0.3 is 14.2 Å². The average Bonchev–Trinajstić information content (AvgIpc) is 3.16. The first-order valence-corrected chi connectivity index (χ1v) is 11.3. The van der Waals surface area contributed by atoms with Crippen molar-refractivity contribution in [2.75, 3.05) is 19.8 Å². The highest BCUT2D eigenvalue weighted by Crippen LogP contribution is 2.42. The lowest BCUT2D eigenvalue weighted by atomic mass is 10.1. The summed E-state index contributed by atoms with van der Waals surface area (Å²) in [6.45, 7) is 5.01. The number of nitrogens with zero attached hydrogens (tertiary/aromatic N) is 2. The number of benzene rings is 1. The Hall–Kier alpha value is -3.51. The number of aromatic nitrogens is 2. The molecule has 0 saturated carbocycles. The Morgan fingerprint density at radius 2 is 1.85 bits per heavy atom. The Bertz CT molecular complexity index is 1080. The maximum atomic E-state index is 12.1. The number of hydrogen-bond donors (Lipinski definition) is 0. The number of esters is 1. The van der Waals surface area contributed by atoms with Crippen LogP contribution in [0.15, 0.2) is 67.1 Å². The molecule has 1 atom stereocenters. The van der Waals surface area contributed by atoms with Gasteiger partial charge in [0.05, 0.1) is 18.9 Å². The first-order chi connectivity index (χ1) is 16.2. The van der Waals surface area contributed by atoms with Crippen LogP contribution in [-0.2, 0) is 20.7 Å². The van der Waals surface area contributed by atoms with Gasteiger partial charge in [0.2, 0.25) is 0 Å². The van der Waals surface area contributed by atoms with Crippen molar-refractivity contribution in [3.63, 3.8) is 0 Å². The van der Waals surface area contributed by atoms with Crippen LogP contribution in [0.1, 0.15) is 37.1 Å². The fraction of sp³-hybridized carbons (Fsp3) is 0.296. The molecule has 4 rings (SSSR count). The molecule has 1 aliphatic rings. The van der Waals surface area contributed by atoms with E-state index in [0.717, 1.165) is 40.1 Å². The fourth-order valence-electron chi connectivity index (χ4n) is 3.98. The summed E-state index contributed by atoms with van der Waals surface area (Å²) in [4.78, 5) is 20.9. The maximum Gasteiger partial charge on any atom is 0.335 e. The van der Waals surface area contributed by atoms with E-state index in [1.807, 2.05) is 61.9 Å². The van der Waals surface area contributed by atoms with E-state index in [9.17, 15) is 4.79 Å².